The third-order valence-corrected chi connectivity index (χ3v) is 9.07. The van der Waals surface area contributed by atoms with Crippen LogP contribution < -0.4 is 30.4 Å². The van der Waals surface area contributed by atoms with Gasteiger partial charge in [-0.15, -0.1) is 0 Å². The number of hydrazone groups is 1. The molecule has 0 atom stereocenters. The van der Waals surface area contributed by atoms with Gasteiger partial charge in [0, 0.05) is 29.1 Å². The van der Waals surface area contributed by atoms with E-state index in [9.17, 15) is 14.4 Å². The predicted molar refractivity (Wildman–Crippen MR) is 188 cm³/mol. The number of hydrogen-bond donors (Lipinski definition) is 3. The number of halogens is 2. The zero-order valence-electron chi connectivity index (χ0n) is 27.7. The Morgan fingerprint density at radius 2 is 1.53 bits per heavy atom. The molecule has 0 saturated carbocycles. The van der Waals surface area contributed by atoms with Crippen LogP contribution in [-0.2, 0) is 20.4 Å². The summed E-state index contributed by atoms with van der Waals surface area (Å²) < 4.78 is 11.2. The quantitative estimate of drug-likeness (QED) is 0.188. The van der Waals surface area contributed by atoms with E-state index in [-0.39, 0.29) is 51.3 Å². The van der Waals surface area contributed by atoms with Crippen LogP contribution >= 0.6 is 23.2 Å². The molecule has 47 heavy (non-hydrogen) atoms. The predicted octanol–water partition coefficient (Wildman–Crippen LogP) is 8.27. The van der Waals surface area contributed by atoms with E-state index in [1.54, 1.807) is 24.3 Å². The van der Waals surface area contributed by atoms with Gasteiger partial charge in [-0.2, -0.15) is 10.1 Å². The SMILES string of the molecule is CCC(C)(C)c1ccc(OCC(=O)Nc2cccc(NC(=O)NC3=NN(c4c(Cl)cc(OC)cc4Cl)C(=O)C3)c2)c(C(C)(C)CC)c1. The van der Waals surface area contributed by atoms with Crippen LogP contribution in [0.2, 0.25) is 10.0 Å². The van der Waals surface area contributed by atoms with Crippen molar-refractivity contribution in [3.63, 3.8) is 0 Å². The molecule has 10 nitrogen and oxygen atoms in total. The van der Waals surface area contributed by atoms with Crippen LogP contribution in [0.25, 0.3) is 0 Å². The highest BCUT2D eigenvalue weighted by Gasteiger charge is 2.30. The highest BCUT2D eigenvalue weighted by Crippen LogP contribution is 2.40. The Hall–Kier alpha value is -4.28. The summed E-state index contributed by atoms with van der Waals surface area (Å²) in [6.45, 7) is 12.9. The Kier molecular flexibility index (Phi) is 11.1. The third-order valence-electron chi connectivity index (χ3n) is 8.49. The molecule has 3 aromatic carbocycles. The minimum absolute atomic E-state index is 0.0205. The lowest BCUT2D eigenvalue weighted by atomic mass is 9.76. The minimum Gasteiger partial charge on any atom is -0.497 e. The van der Waals surface area contributed by atoms with E-state index < -0.39 is 11.9 Å². The van der Waals surface area contributed by atoms with E-state index in [1.807, 2.05) is 6.07 Å². The summed E-state index contributed by atoms with van der Waals surface area (Å²) in [5, 5.41) is 13.7. The number of amides is 4. The number of hydrogen-bond acceptors (Lipinski definition) is 6. The molecule has 1 aliphatic rings. The summed E-state index contributed by atoms with van der Waals surface area (Å²) in [5.41, 5.74) is 3.24. The van der Waals surface area contributed by atoms with Gasteiger partial charge >= 0.3 is 6.03 Å². The Morgan fingerprint density at radius 1 is 0.894 bits per heavy atom. The third kappa shape index (κ3) is 8.55. The first-order valence-electron chi connectivity index (χ1n) is 15.4. The van der Waals surface area contributed by atoms with Gasteiger partial charge in [0.05, 0.1) is 23.6 Å². The molecule has 0 aliphatic carbocycles. The standard InChI is InChI=1S/C35H41Cl2N5O5/c1-8-34(3,4)21-13-14-28(25(15-21)35(5,6)9-2)47-20-30(43)38-22-11-10-12-23(16-22)39-33(45)40-29-19-31(44)42(41-29)32-26(36)17-24(46-7)18-27(32)37/h10-18H,8-9,19-20H2,1-7H3,(H,38,43)(H2,39,40,41,45). The molecular weight excluding hydrogens is 641 g/mol. The zero-order chi connectivity index (χ0) is 34.5. The second-order valence-corrected chi connectivity index (χ2v) is 13.4. The Balaban J connectivity index is 1.38. The van der Waals surface area contributed by atoms with E-state index in [0.29, 0.717) is 22.9 Å². The van der Waals surface area contributed by atoms with E-state index >= 15 is 0 Å². The van der Waals surface area contributed by atoms with Crippen molar-refractivity contribution in [2.45, 2.75) is 71.6 Å². The topological polar surface area (TPSA) is 121 Å². The number of rotatable bonds is 11. The fourth-order valence-electron chi connectivity index (χ4n) is 4.85. The number of nitrogens with zero attached hydrogens (tertiary/aromatic N) is 2. The van der Waals surface area contributed by atoms with Crippen LogP contribution in [0.5, 0.6) is 11.5 Å². The van der Waals surface area contributed by atoms with Crippen molar-refractivity contribution in [2.24, 2.45) is 5.10 Å². The largest absolute Gasteiger partial charge is 0.497 e. The maximum absolute atomic E-state index is 12.9. The summed E-state index contributed by atoms with van der Waals surface area (Å²) in [6.07, 6.45) is 1.74. The Morgan fingerprint density at radius 3 is 2.15 bits per heavy atom. The molecule has 12 heteroatoms. The molecule has 1 aliphatic heterocycles. The number of carbonyl (C=O) groups is 3. The van der Waals surface area contributed by atoms with Crippen molar-refractivity contribution in [1.29, 1.82) is 0 Å². The van der Waals surface area contributed by atoms with Crippen molar-refractivity contribution in [3.8, 4) is 11.5 Å². The Labute approximate surface area is 285 Å². The maximum atomic E-state index is 12.9. The molecule has 0 saturated heterocycles. The Bertz CT molecular complexity index is 1680. The van der Waals surface area contributed by atoms with Crippen LogP contribution in [0.15, 0.2) is 59.7 Å². The smallest absolute Gasteiger partial charge is 0.324 e. The van der Waals surface area contributed by atoms with Gasteiger partial charge in [-0.25, -0.2) is 4.79 Å². The number of methoxy groups -OCH3 is 1. The summed E-state index contributed by atoms with van der Waals surface area (Å²) in [7, 11) is 1.47. The lowest BCUT2D eigenvalue weighted by Gasteiger charge is -2.30. The first kappa shape index (κ1) is 35.6. The van der Waals surface area contributed by atoms with E-state index in [0.717, 1.165) is 23.4 Å². The van der Waals surface area contributed by atoms with Crippen molar-refractivity contribution >= 4 is 63.9 Å². The van der Waals surface area contributed by atoms with E-state index in [4.69, 9.17) is 32.7 Å². The summed E-state index contributed by atoms with van der Waals surface area (Å²) >= 11 is 12.6. The highest BCUT2D eigenvalue weighted by molar-refractivity contribution is 6.40. The van der Waals surface area contributed by atoms with Gasteiger partial charge in [-0.1, -0.05) is 82.9 Å². The molecule has 4 rings (SSSR count). The van der Waals surface area contributed by atoms with Gasteiger partial charge in [-0.3, -0.25) is 14.9 Å². The lowest BCUT2D eigenvalue weighted by Crippen LogP contribution is -2.33. The van der Waals surface area contributed by atoms with Crippen LogP contribution in [0.3, 0.4) is 0 Å². The number of amidine groups is 1. The highest BCUT2D eigenvalue weighted by atomic mass is 35.5. The van der Waals surface area contributed by atoms with Crippen LogP contribution in [-0.4, -0.2) is 37.4 Å². The van der Waals surface area contributed by atoms with Gasteiger partial charge in [0.25, 0.3) is 11.8 Å². The van der Waals surface area contributed by atoms with Gasteiger partial charge < -0.3 is 20.1 Å². The molecule has 0 radical (unpaired) electrons. The molecule has 0 bridgehead atoms. The summed E-state index contributed by atoms with van der Waals surface area (Å²) in [4.78, 5) is 38.3. The molecule has 1 heterocycles. The van der Waals surface area contributed by atoms with Crippen LogP contribution in [0, 0.1) is 0 Å². The number of anilines is 3. The molecule has 0 unspecified atom stereocenters. The number of benzene rings is 3. The number of nitrogens with one attached hydrogen (secondary N) is 3. The van der Waals surface area contributed by atoms with Crippen LogP contribution in [0.1, 0.15) is 71.9 Å². The van der Waals surface area contributed by atoms with Gasteiger partial charge in [0.1, 0.15) is 23.0 Å². The van der Waals surface area contributed by atoms with Crippen molar-refractivity contribution in [1.82, 2.24) is 5.32 Å². The molecule has 3 N–H and O–H groups in total. The van der Waals surface area contributed by atoms with E-state index in [2.05, 4.69) is 74.7 Å². The molecule has 4 amide bonds. The summed E-state index contributed by atoms with van der Waals surface area (Å²) in [5.74, 6) is 0.438. The minimum atomic E-state index is -0.627. The molecule has 0 aromatic heterocycles. The molecule has 250 valence electrons. The van der Waals surface area contributed by atoms with Crippen molar-refractivity contribution in [2.75, 3.05) is 29.4 Å². The lowest BCUT2D eigenvalue weighted by molar-refractivity contribution is -0.118. The number of ether oxygens (including phenoxy) is 2. The fraction of sp³-hybridized carbons (Fsp3) is 0.371. The van der Waals surface area contributed by atoms with Gasteiger partial charge in [0.15, 0.2) is 6.61 Å². The second-order valence-electron chi connectivity index (χ2n) is 12.6. The number of carbonyl (C=O) groups excluding carboxylic acids is 3. The van der Waals surface area contributed by atoms with Gasteiger partial charge in [-0.05, 0) is 53.5 Å². The average molecular weight is 683 g/mol. The normalized spacial score (nSPS) is 13.3. The van der Waals surface area contributed by atoms with Crippen LogP contribution in [0.4, 0.5) is 21.9 Å². The zero-order valence-corrected chi connectivity index (χ0v) is 29.2. The first-order valence-corrected chi connectivity index (χ1v) is 16.1. The fourth-order valence-corrected chi connectivity index (χ4v) is 5.47. The molecule has 0 fully saturated rings. The second kappa shape index (κ2) is 14.6. The monoisotopic (exact) mass is 681 g/mol. The summed E-state index contributed by atoms with van der Waals surface area (Å²) in [6, 6.07) is 15.3. The van der Waals surface area contributed by atoms with Crippen molar-refractivity contribution in [3.05, 3.63) is 75.8 Å². The van der Waals surface area contributed by atoms with E-state index in [1.165, 1.54) is 24.8 Å². The molecular formula is C35H41Cl2N5O5. The molecule has 0 spiro atoms. The maximum Gasteiger partial charge on any atom is 0.324 e. The van der Waals surface area contributed by atoms with Gasteiger partial charge in [0.2, 0.25) is 0 Å². The van der Waals surface area contributed by atoms with Crippen molar-refractivity contribution < 1.29 is 23.9 Å². The molecule has 3 aromatic rings. The number of urea groups is 1. The first-order chi connectivity index (χ1) is 22.2. The average Bonchev–Trinajstić information content (AvgIpc) is 3.37.